The fraction of sp³-hybridized carbons (Fsp3) is 0.538. The Morgan fingerprint density at radius 3 is 2.72 bits per heavy atom. The molecule has 0 unspecified atom stereocenters. The van der Waals surface area contributed by atoms with Gasteiger partial charge < -0.3 is 15.5 Å². The second-order valence-corrected chi connectivity index (χ2v) is 5.03. The topological polar surface area (TPSA) is 82.5 Å². The van der Waals surface area contributed by atoms with Crippen LogP contribution in [-0.2, 0) is 11.3 Å². The fourth-order valence-electron chi connectivity index (χ4n) is 1.45. The van der Waals surface area contributed by atoms with E-state index in [-0.39, 0.29) is 5.75 Å². The predicted molar refractivity (Wildman–Crippen MR) is 68.4 cm³/mol. The third-order valence-corrected chi connectivity index (χ3v) is 2.89. The van der Waals surface area contributed by atoms with Gasteiger partial charge in [-0.2, -0.15) is 0 Å². The number of carboxylic acids is 1. The highest BCUT2D eigenvalue weighted by molar-refractivity contribution is 5.73. The Morgan fingerprint density at radius 1 is 1.44 bits per heavy atom. The van der Waals surface area contributed by atoms with Gasteiger partial charge in [-0.3, -0.25) is 9.78 Å². The van der Waals surface area contributed by atoms with Gasteiger partial charge in [0.2, 0.25) is 0 Å². The summed E-state index contributed by atoms with van der Waals surface area (Å²) in [4.78, 5) is 15.1. The monoisotopic (exact) mass is 252 g/mol. The van der Waals surface area contributed by atoms with Gasteiger partial charge in [-0.1, -0.05) is 0 Å². The summed E-state index contributed by atoms with van der Waals surface area (Å²) in [7, 11) is 0. The van der Waals surface area contributed by atoms with E-state index >= 15 is 0 Å². The zero-order valence-electron chi connectivity index (χ0n) is 11.0. The van der Waals surface area contributed by atoms with E-state index in [1.165, 1.54) is 0 Å². The van der Waals surface area contributed by atoms with Crippen molar-refractivity contribution >= 4 is 5.97 Å². The number of hydrogen-bond acceptors (Lipinski definition) is 4. The van der Waals surface area contributed by atoms with Crippen LogP contribution < -0.4 is 5.32 Å². The molecular formula is C13H20N2O3. The average Bonchev–Trinajstić information content (AvgIpc) is 2.28. The van der Waals surface area contributed by atoms with Gasteiger partial charge >= 0.3 is 5.97 Å². The minimum absolute atomic E-state index is 0.158. The second kappa shape index (κ2) is 5.82. The molecule has 0 aliphatic rings. The standard InChI is InChI=1S/C13H20N2O3/c1-9-4-5-11(16)10(15-9)8-14-7-6-13(2,3)12(17)18/h4-5,14,16H,6-8H2,1-3H3,(H,17,18). The first kappa shape index (κ1) is 14.4. The van der Waals surface area contributed by atoms with Gasteiger partial charge in [0.15, 0.2) is 0 Å². The van der Waals surface area contributed by atoms with Crippen molar-refractivity contribution in [3.63, 3.8) is 0 Å². The summed E-state index contributed by atoms with van der Waals surface area (Å²) >= 11 is 0. The summed E-state index contributed by atoms with van der Waals surface area (Å²) in [5.41, 5.74) is 0.688. The summed E-state index contributed by atoms with van der Waals surface area (Å²) in [6.07, 6.45) is 0.523. The van der Waals surface area contributed by atoms with E-state index in [0.29, 0.717) is 25.2 Å². The van der Waals surface area contributed by atoms with Crippen LogP contribution >= 0.6 is 0 Å². The number of nitrogens with zero attached hydrogens (tertiary/aromatic N) is 1. The number of pyridine rings is 1. The van der Waals surface area contributed by atoms with Gasteiger partial charge in [-0.15, -0.1) is 0 Å². The highest BCUT2D eigenvalue weighted by Gasteiger charge is 2.26. The Labute approximate surface area is 107 Å². The summed E-state index contributed by atoms with van der Waals surface area (Å²) in [5, 5.41) is 21.6. The van der Waals surface area contributed by atoms with E-state index in [0.717, 1.165) is 5.69 Å². The van der Waals surface area contributed by atoms with Crippen molar-refractivity contribution in [2.75, 3.05) is 6.54 Å². The van der Waals surface area contributed by atoms with Crippen LogP contribution in [0.25, 0.3) is 0 Å². The molecule has 0 atom stereocenters. The third-order valence-electron chi connectivity index (χ3n) is 2.89. The van der Waals surface area contributed by atoms with Gasteiger partial charge in [-0.05, 0) is 45.9 Å². The third kappa shape index (κ3) is 4.00. The minimum atomic E-state index is -0.805. The molecule has 100 valence electrons. The first-order chi connectivity index (χ1) is 8.33. The number of aryl methyl sites for hydroxylation is 1. The van der Waals surface area contributed by atoms with E-state index in [9.17, 15) is 9.90 Å². The molecule has 0 radical (unpaired) electrons. The van der Waals surface area contributed by atoms with Crippen molar-refractivity contribution in [3.8, 4) is 5.75 Å². The number of carboxylic acid groups (broad SMARTS) is 1. The maximum absolute atomic E-state index is 10.9. The smallest absolute Gasteiger partial charge is 0.309 e. The quantitative estimate of drug-likeness (QED) is 0.671. The summed E-state index contributed by atoms with van der Waals surface area (Å²) in [6.45, 7) is 6.24. The van der Waals surface area contributed by atoms with Crippen LogP contribution in [-0.4, -0.2) is 27.7 Å². The molecule has 0 saturated heterocycles. The summed E-state index contributed by atoms with van der Waals surface area (Å²) < 4.78 is 0. The first-order valence-electron chi connectivity index (χ1n) is 5.92. The van der Waals surface area contributed by atoms with Crippen molar-refractivity contribution < 1.29 is 15.0 Å². The number of aromatic nitrogens is 1. The molecule has 3 N–H and O–H groups in total. The number of rotatable bonds is 6. The lowest BCUT2D eigenvalue weighted by Crippen LogP contribution is -2.29. The number of aromatic hydroxyl groups is 1. The molecule has 1 rings (SSSR count). The van der Waals surface area contributed by atoms with Crippen molar-refractivity contribution in [1.29, 1.82) is 0 Å². The SMILES string of the molecule is Cc1ccc(O)c(CNCCC(C)(C)C(=O)O)n1. The van der Waals surface area contributed by atoms with E-state index < -0.39 is 11.4 Å². The van der Waals surface area contributed by atoms with Gasteiger partial charge in [-0.25, -0.2) is 0 Å². The van der Waals surface area contributed by atoms with Crippen LogP contribution in [0.2, 0.25) is 0 Å². The van der Waals surface area contributed by atoms with Crippen LogP contribution in [0.3, 0.4) is 0 Å². The first-order valence-corrected chi connectivity index (χ1v) is 5.92. The highest BCUT2D eigenvalue weighted by atomic mass is 16.4. The Hall–Kier alpha value is -1.62. The minimum Gasteiger partial charge on any atom is -0.506 e. The molecule has 1 aromatic rings. The van der Waals surface area contributed by atoms with Crippen molar-refractivity contribution in [2.24, 2.45) is 5.41 Å². The van der Waals surface area contributed by atoms with Gasteiger partial charge in [0, 0.05) is 12.2 Å². The average molecular weight is 252 g/mol. The Balaban J connectivity index is 2.43. The number of aliphatic carboxylic acids is 1. The fourth-order valence-corrected chi connectivity index (χ4v) is 1.45. The molecular weight excluding hydrogens is 232 g/mol. The molecule has 0 aliphatic carbocycles. The molecule has 0 aromatic carbocycles. The van der Waals surface area contributed by atoms with Crippen molar-refractivity contribution in [2.45, 2.75) is 33.7 Å². The molecule has 5 nitrogen and oxygen atoms in total. The molecule has 0 amide bonds. The molecule has 0 bridgehead atoms. The maximum atomic E-state index is 10.9. The Bertz CT molecular complexity index is 430. The molecule has 1 heterocycles. The number of carbonyl (C=O) groups is 1. The molecule has 18 heavy (non-hydrogen) atoms. The zero-order valence-corrected chi connectivity index (χ0v) is 11.0. The van der Waals surface area contributed by atoms with E-state index in [1.807, 2.05) is 6.92 Å². The Morgan fingerprint density at radius 2 is 2.11 bits per heavy atom. The maximum Gasteiger partial charge on any atom is 0.309 e. The number of nitrogens with one attached hydrogen (secondary N) is 1. The molecule has 5 heteroatoms. The van der Waals surface area contributed by atoms with Crippen LogP contribution in [0.4, 0.5) is 0 Å². The van der Waals surface area contributed by atoms with Gasteiger partial charge in [0.1, 0.15) is 5.75 Å². The van der Waals surface area contributed by atoms with Crippen molar-refractivity contribution in [3.05, 3.63) is 23.5 Å². The van der Waals surface area contributed by atoms with E-state index in [1.54, 1.807) is 26.0 Å². The van der Waals surface area contributed by atoms with Gasteiger partial charge in [0.25, 0.3) is 0 Å². The largest absolute Gasteiger partial charge is 0.506 e. The van der Waals surface area contributed by atoms with E-state index in [2.05, 4.69) is 10.3 Å². The van der Waals surface area contributed by atoms with E-state index in [4.69, 9.17) is 5.11 Å². The summed E-state index contributed by atoms with van der Waals surface area (Å²) in [6, 6.07) is 3.35. The molecule has 0 spiro atoms. The molecule has 1 aromatic heterocycles. The van der Waals surface area contributed by atoms with Crippen LogP contribution in [0.15, 0.2) is 12.1 Å². The highest BCUT2D eigenvalue weighted by Crippen LogP contribution is 2.19. The lowest BCUT2D eigenvalue weighted by Gasteiger charge is -2.18. The number of hydrogen-bond donors (Lipinski definition) is 3. The molecule has 0 saturated carbocycles. The van der Waals surface area contributed by atoms with Crippen LogP contribution in [0, 0.1) is 12.3 Å². The lowest BCUT2D eigenvalue weighted by molar-refractivity contribution is -0.147. The predicted octanol–water partition coefficient (Wildman–Crippen LogP) is 1.69. The van der Waals surface area contributed by atoms with Crippen molar-refractivity contribution in [1.82, 2.24) is 10.3 Å². The zero-order chi connectivity index (χ0) is 13.8. The van der Waals surface area contributed by atoms with Crippen LogP contribution in [0.1, 0.15) is 31.7 Å². The second-order valence-electron chi connectivity index (χ2n) is 5.03. The molecule has 0 aliphatic heterocycles. The Kier molecular flexibility index (Phi) is 4.67. The van der Waals surface area contributed by atoms with Gasteiger partial charge in [0.05, 0.1) is 11.1 Å². The summed E-state index contributed by atoms with van der Waals surface area (Å²) in [5.74, 6) is -0.647. The van der Waals surface area contributed by atoms with Crippen LogP contribution in [0.5, 0.6) is 5.75 Å². The lowest BCUT2D eigenvalue weighted by atomic mass is 9.90. The normalized spacial score (nSPS) is 11.5. The molecule has 0 fully saturated rings.